The van der Waals surface area contributed by atoms with Crippen LogP contribution >= 0.6 is 11.3 Å². The first-order valence-corrected chi connectivity index (χ1v) is 10.9. The van der Waals surface area contributed by atoms with E-state index in [0.717, 1.165) is 15.4 Å². The minimum atomic E-state index is -0.668. The third kappa shape index (κ3) is 2.83. The Morgan fingerprint density at radius 1 is 1.03 bits per heavy atom. The maximum absolute atomic E-state index is 14.9. The molecule has 0 fully saturated rings. The highest BCUT2D eigenvalue weighted by atomic mass is 32.1. The molecule has 1 aliphatic carbocycles. The fourth-order valence-corrected chi connectivity index (χ4v) is 5.87. The average molecular weight is 450 g/mol. The molecule has 0 bridgehead atoms. The van der Waals surface area contributed by atoms with Gasteiger partial charge in [0.15, 0.2) is 11.6 Å². The molecule has 0 saturated heterocycles. The van der Waals surface area contributed by atoms with Crippen molar-refractivity contribution < 1.29 is 13.9 Å². The van der Waals surface area contributed by atoms with Gasteiger partial charge in [0.05, 0.1) is 11.3 Å². The fourth-order valence-electron chi connectivity index (χ4n) is 4.41. The number of nitrogens with zero attached hydrogens (tertiary/aromatic N) is 6. The summed E-state index contributed by atoms with van der Waals surface area (Å²) in [5.41, 5.74) is 2.30. The molecule has 6 rings (SSSR count). The van der Waals surface area contributed by atoms with E-state index < -0.39 is 11.6 Å². The monoisotopic (exact) mass is 450 g/mol. The summed E-state index contributed by atoms with van der Waals surface area (Å²) in [6.45, 7) is 0.162. The minimum absolute atomic E-state index is 0.0550. The molecule has 0 spiro atoms. The van der Waals surface area contributed by atoms with Gasteiger partial charge in [0.1, 0.15) is 28.9 Å². The maximum atomic E-state index is 14.9. The summed E-state index contributed by atoms with van der Waals surface area (Å²) < 4.78 is 31.6. The summed E-state index contributed by atoms with van der Waals surface area (Å²) in [5, 5.41) is 27.2. The molecule has 10 heteroatoms. The lowest BCUT2D eigenvalue weighted by Crippen LogP contribution is -2.13. The molecular formula is C22H16F2N6OS. The van der Waals surface area contributed by atoms with Crippen LogP contribution in [0.4, 0.5) is 8.78 Å². The highest BCUT2D eigenvalue weighted by Crippen LogP contribution is 2.44. The van der Waals surface area contributed by atoms with Gasteiger partial charge in [-0.2, -0.15) is 5.10 Å². The quantitative estimate of drug-likeness (QED) is 0.518. The zero-order chi connectivity index (χ0) is 21.8. The molecule has 1 N–H and O–H groups in total. The number of aliphatic hydroxyl groups excluding tert-OH is 1. The Hall–Kier alpha value is -3.37. The van der Waals surface area contributed by atoms with E-state index in [2.05, 4.69) is 25.4 Å². The molecule has 1 aromatic carbocycles. The smallest absolute Gasteiger partial charge is 0.189 e. The molecule has 0 radical (unpaired) electrons. The van der Waals surface area contributed by atoms with E-state index in [1.165, 1.54) is 29.5 Å². The number of halogens is 2. The van der Waals surface area contributed by atoms with E-state index in [-0.39, 0.29) is 30.3 Å². The normalized spacial score (nSPS) is 16.8. The number of hydrogen-bond acceptors (Lipinski definition) is 7. The molecule has 3 aromatic heterocycles. The van der Waals surface area contributed by atoms with Crippen LogP contribution in [-0.4, -0.2) is 42.4 Å². The molecule has 0 saturated carbocycles. The summed E-state index contributed by atoms with van der Waals surface area (Å²) in [6, 6.07) is 7.36. The number of rotatable bonds is 3. The van der Waals surface area contributed by atoms with Crippen LogP contribution in [0.15, 0.2) is 41.5 Å². The molecule has 0 amide bonds. The van der Waals surface area contributed by atoms with E-state index in [0.29, 0.717) is 35.7 Å². The van der Waals surface area contributed by atoms with Crippen molar-refractivity contribution in [2.45, 2.75) is 19.4 Å². The molecule has 1 atom stereocenters. The molecule has 160 valence electrons. The van der Waals surface area contributed by atoms with Gasteiger partial charge in [0.2, 0.25) is 0 Å². The number of thiophene rings is 1. The van der Waals surface area contributed by atoms with E-state index >= 15 is 0 Å². The number of benzene rings is 1. The van der Waals surface area contributed by atoms with Gasteiger partial charge in [0.25, 0.3) is 0 Å². The van der Waals surface area contributed by atoms with Crippen molar-refractivity contribution in [2.75, 3.05) is 6.61 Å². The lowest BCUT2D eigenvalue weighted by Gasteiger charge is -2.13. The highest BCUT2D eigenvalue weighted by molar-refractivity contribution is 7.15. The Morgan fingerprint density at radius 3 is 2.62 bits per heavy atom. The van der Waals surface area contributed by atoms with Crippen molar-refractivity contribution in [3.8, 4) is 16.5 Å². The molecule has 32 heavy (non-hydrogen) atoms. The fraction of sp³-hybridized carbons (Fsp3) is 0.227. The van der Waals surface area contributed by atoms with Crippen LogP contribution in [0.2, 0.25) is 0 Å². The average Bonchev–Trinajstić information content (AvgIpc) is 3.46. The summed E-state index contributed by atoms with van der Waals surface area (Å²) in [7, 11) is 0. The van der Waals surface area contributed by atoms with Crippen LogP contribution in [0, 0.1) is 17.6 Å². The van der Waals surface area contributed by atoms with E-state index in [4.69, 9.17) is 0 Å². The first-order valence-electron chi connectivity index (χ1n) is 10.1. The molecule has 7 nitrogen and oxygen atoms in total. The van der Waals surface area contributed by atoms with Crippen molar-refractivity contribution in [3.63, 3.8) is 0 Å². The summed E-state index contributed by atoms with van der Waals surface area (Å²) in [4.78, 5) is 5.70. The second-order valence-electron chi connectivity index (χ2n) is 7.79. The number of hydrogen-bond donors (Lipinski definition) is 1. The van der Waals surface area contributed by atoms with Crippen LogP contribution in [0.3, 0.4) is 0 Å². The Morgan fingerprint density at radius 2 is 1.88 bits per heavy atom. The standard InChI is InChI=1S/C22H16F2N6OS/c23-13-3-1-4-14(24)19(13)20-18-12-7-11(10-31)8-16(12)32-22(18)30-17(9-25-20)28-29-21(30)15-5-2-6-26-27-15/h1-6,11,31H,7-10H2. The summed E-state index contributed by atoms with van der Waals surface area (Å²) >= 11 is 1.52. The topological polar surface area (TPSA) is 89.1 Å². The Kier molecular flexibility index (Phi) is 4.44. The first kappa shape index (κ1) is 19.3. The molecule has 2 aliphatic rings. The van der Waals surface area contributed by atoms with Crippen molar-refractivity contribution in [3.05, 3.63) is 75.6 Å². The van der Waals surface area contributed by atoms with Crippen molar-refractivity contribution in [1.29, 1.82) is 0 Å². The van der Waals surface area contributed by atoms with E-state index in [1.54, 1.807) is 18.3 Å². The summed E-state index contributed by atoms with van der Waals surface area (Å²) in [5.74, 6) is -0.205. The second kappa shape index (κ2) is 7.35. The molecule has 1 unspecified atom stereocenters. The zero-order valence-corrected chi connectivity index (χ0v) is 17.5. The first-order chi connectivity index (χ1) is 15.7. The summed E-state index contributed by atoms with van der Waals surface area (Å²) in [6.07, 6.45) is 2.89. The number of aliphatic hydroxyl groups is 1. The molecule has 4 heterocycles. The molecular weight excluding hydrogens is 434 g/mol. The predicted molar refractivity (Wildman–Crippen MR) is 114 cm³/mol. The third-order valence-corrected chi connectivity index (χ3v) is 7.09. The van der Waals surface area contributed by atoms with Crippen LogP contribution in [0.1, 0.15) is 27.4 Å². The van der Waals surface area contributed by atoms with Gasteiger partial charge in [-0.05, 0) is 48.6 Å². The SMILES string of the molecule is OCC1Cc2sc3c(c2C1)C(c1c(F)cccc1F)=NCc1nnc(-c2cccnn2)n1-3. The van der Waals surface area contributed by atoms with Crippen LogP contribution in [0.5, 0.6) is 0 Å². The Balaban J connectivity index is 1.63. The van der Waals surface area contributed by atoms with Crippen LogP contribution < -0.4 is 0 Å². The van der Waals surface area contributed by atoms with Crippen molar-refractivity contribution >= 4 is 17.0 Å². The number of fused-ring (bicyclic) bond motifs is 5. The lowest BCUT2D eigenvalue weighted by molar-refractivity contribution is 0.232. The van der Waals surface area contributed by atoms with Gasteiger partial charge in [-0.15, -0.1) is 26.6 Å². The largest absolute Gasteiger partial charge is 0.396 e. The van der Waals surface area contributed by atoms with E-state index in [1.807, 2.05) is 4.57 Å². The Bertz CT molecular complexity index is 1360. The van der Waals surface area contributed by atoms with Crippen LogP contribution in [0.25, 0.3) is 16.5 Å². The highest BCUT2D eigenvalue weighted by Gasteiger charge is 2.36. The van der Waals surface area contributed by atoms with Gasteiger partial charge in [0, 0.05) is 23.2 Å². The second-order valence-corrected chi connectivity index (χ2v) is 8.87. The maximum Gasteiger partial charge on any atom is 0.189 e. The van der Waals surface area contributed by atoms with Gasteiger partial charge in [-0.25, -0.2) is 8.78 Å². The lowest BCUT2D eigenvalue weighted by atomic mass is 9.97. The Labute approximate surface area is 185 Å². The number of aromatic nitrogens is 5. The van der Waals surface area contributed by atoms with Crippen molar-refractivity contribution in [1.82, 2.24) is 25.0 Å². The van der Waals surface area contributed by atoms with Gasteiger partial charge in [-0.3, -0.25) is 9.56 Å². The third-order valence-electron chi connectivity index (χ3n) is 5.85. The van der Waals surface area contributed by atoms with E-state index in [9.17, 15) is 13.9 Å². The van der Waals surface area contributed by atoms with Gasteiger partial charge >= 0.3 is 0 Å². The van der Waals surface area contributed by atoms with Crippen LogP contribution in [-0.2, 0) is 19.4 Å². The predicted octanol–water partition coefficient (Wildman–Crippen LogP) is 3.12. The van der Waals surface area contributed by atoms with Crippen molar-refractivity contribution in [2.24, 2.45) is 10.9 Å². The number of aliphatic imine (C=N–C) groups is 1. The molecule has 1 aliphatic heterocycles. The van der Waals surface area contributed by atoms with Gasteiger partial charge in [-0.1, -0.05) is 6.07 Å². The molecule has 4 aromatic rings. The minimum Gasteiger partial charge on any atom is -0.396 e. The van der Waals surface area contributed by atoms with Gasteiger partial charge < -0.3 is 5.11 Å². The zero-order valence-electron chi connectivity index (χ0n) is 16.7.